The number of hydrogen-bond acceptors (Lipinski definition) is 3. The van der Waals surface area contributed by atoms with E-state index in [-0.39, 0.29) is 17.9 Å². The molecule has 4 rings (SSSR count). The summed E-state index contributed by atoms with van der Waals surface area (Å²) in [5.74, 6) is 2.21. The number of thiazole rings is 1. The number of allylic oxidation sites excluding steroid dienone is 2. The Hall–Kier alpha value is -1.16. The normalized spacial score (nSPS) is 33.6. The molecule has 1 amide bonds. The second-order valence-electron chi connectivity index (χ2n) is 6.08. The van der Waals surface area contributed by atoms with Crippen LogP contribution in [0.25, 0.3) is 0 Å². The van der Waals surface area contributed by atoms with Gasteiger partial charge in [0.1, 0.15) is 5.01 Å². The molecule has 0 aromatic carbocycles. The number of nitrogens with zero attached hydrogens (tertiary/aromatic N) is 1. The van der Waals surface area contributed by atoms with E-state index in [4.69, 9.17) is 0 Å². The van der Waals surface area contributed by atoms with Crippen LogP contribution in [0.15, 0.2) is 23.7 Å². The SMILES string of the molecule is O=C(NC(c1nccs1)C1CC1)C1CC2C=CC1C2. The molecule has 0 aliphatic heterocycles. The van der Waals surface area contributed by atoms with E-state index >= 15 is 0 Å². The first-order valence-corrected chi connectivity index (χ1v) is 8.07. The van der Waals surface area contributed by atoms with Gasteiger partial charge in [-0.3, -0.25) is 4.79 Å². The number of hydrogen-bond donors (Lipinski definition) is 1. The highest BCUT2D eigenvalue weighted by Gasteiger charge is 2.42. The van der Waals surface area contributed by atoms with Gasteiger partial charge in [0.15, 0.2) is 0 Å². The van der Waals surface area contributed by atoms with Crippen molar-refractivity contribution in [2.75, 3.05) is 0 Å². The maximum Gasteiger partial charge on any atom is 0.224 e. The third-order valence-corrected chi connectivity index (χ3v) is 5.58. The van der Waals surface area contributed by atoms with Gasteiger partial charge in [0, 0.05) is 17.5 Å². The summed E-state index contributed by atoms with van der Waals surface area (Å²) >= 11 is 1.66. The molecule has 4 unspecified atom stereocenters. The Balaban J connectivity index is 1.47. The Bertz CT molecular complexity index is 506. The van der Waals surface area contributed by atoms with Gasteiger partial charge in [-0.05, 0) is 43.4 Å². The van der Waals surface area contributed by atoms with Crippen molar-refractivity contribution in [1.29, 1.82) is 0 Å². The number of nitrogens with one attached hydrogen (secondary N) is 1. The predicted molar refractivity (Wildman–Crippen MR) is 74.6 cm³/mol. The molecule has 19 heavy (non-hydrogen) atoms. The molecule has 3 aliphatic carbocycles. The zero-order valence-corrected chi connectivity index (χ0v) is 11.6. The summed E-state index contributed by atoms with van der Waals surface area (Å²) in [7, 11) is 0. The number of rotatable bonds is 4. The molecule has 4 heteroatoms. The molecule has 3 aliphatic rings. The van der Waals surface area contributed by atoms with Gasteiger partial charge in [0.2, 0.25) is 5.91 Å². The van der Waals surface area contributed by atoms with Crippen molar-refractivity contribution in [1.82, 2.24) is 10.3 Å². The van der Waals surface area contributed by atoms with Gasteiger partial charge in [0.25, 0.3) is 0 Å². The lowest BCUT2D eigenvalue weighted by atomic mass is 9.92. The molecule has 1 N–H and O–H groups in total. The van der Waals surface area contributed by atoms with Crippen molar-refractivity contribution >= 4 is 17.2 Å². The standard InChI is InChI=1S/C15H18N2OS/c18-14(12-8-9-1-2-11(12)7-9)17-13(10-3-4-10)15-16-5-6-19-15/h1-2,5-6,9-13H,3-4,7-8H2,(H,17,18). The summed E-state index contributed by atoms with van der Waals surface area (Å²) in [6.45, 7) is 0. The van der Waals surface area contributed by atoms with Gasteiger partial charge >= 0.3 is 0 Å². The highest BCUT2D eigenvalue weighted by Crippen LogP contribution is 2.45. The fourth-order valence-electron chi connectivity index (χ4n) is 3.54. The van der Waals surface area contributed by atoms with Crippen molar-refractivity contribution in [3.05, 3.63) is 28.7 Å². The average Bonchev–Trinajstić information content (AvgIpc) is 2.86. The number of fused-ring (bicyclic) bond motifs is 2. The van der Waals surface area contributed by atoms with Crippen LogP contribution in [0.5, 0.6) is 0 Å². The molecular formula is C15H18N2OS. The molecule has 3 nitrogen and oxygen atoms in total. The molecule has 0 radical (unpaired) electrons. The van der Waals surface area contributed by atoms with E-state index < -0.39 is 0 Å². The summed E-state index contributed by atoms with van der Waals surface area (Å²) in [4.78, 5) is 16.9. The second-order valence-corrected chi connectivity index (χ2v) is 7.01. The molecule has 2 saturated carbocycles. The topological polar surface area (TPSA) is 42.0 Å². The van der Waals surface area contributed by atoms with Crippen LogP contribution >= 0.6 is 11.3 Å². The quantitative estimate of drug-likeness (QED) is 0.858. The van der Waals surface area contributed by atoms with Gasteiger partial charge in [0.05, 0.1) is 6.04 Å². The summed E-state index contributed by atoms with van der Waals surface area (Å²) < 4.78 is 0. The van der Waals surface area contributed by atoms with Crippen molar-refractivity contribution in [2.24, 2.45) is 23.7 Å². The zero-order chi connectivity index (χ0) is 12.8. The highest BCUT2D eigenvalue weighted by molar-refractivity contribution is 7.09. The molecule has 1 aromatic rings. The van der Waals surface area contributed by atoms with Gasteiger partial charge in [-0.2, -0.15) is 0 Å². The lowest BCUT2D eigenvalue weighted by molar-refractivity contribution is -0.126. The van der Waals surface area contributed by atoms with Crippen LogP contribution in [-0.2, 0) is 4.79 Å². The smallest absolute Gasteiger partial charge is 0.224 e. The first-order chi connectivity index (χ1) is 9.31. The Morgan fingerprint density at radius 3 is 2.84 bits per heavy atom. The van der Waals surface area contributed by atoms with Gasteiger partial charge in [-0.25, -0.2) is 4.98 Å². The Morgan fingerprint density at radius 2 is 2.26 bits per heavy atom. The summed E-state index contributed by atoms with van der Waals surface area (Å²) in [6, 6.07) is 0.163. The minimum Gasteiger partial charge on any atom is -0.346 e. The van der Waals surface area contributed by atoms with E-state index in [1.54, 1.807) is 11.3 Å². The predicted octanol–water partition coefficient (Wildman–Crippen LogP) is 2.92. The maximum absolute atomic E-state index is 12.5. The van der Waals surface area contributed by atoms with Crippen LogP contribution in [0.3, 0.4) is 0 Å². The number of carbonyl (C=O) groups is 1. The Kier molecular flexibility index (Phi) is 2.72. The van der Waals surface area contributed by atoms with E-state index in [1.807, 2.05) is 11.6 Å². The molecule has 100 valence electrons. The van der Waals surface area contributed by atoms with E-state index in [9.17, 15) is 4.79 Å². The van der Waals surface area contributed by atoms with Crippen molar-refractivity contribution in [3.8, 4) is 0 Å². The third kappa shape index (κ3) is 2.12. The van der Waals surface area contributed by atoms with Crippen LogP contribution in [0, 0.1) is 23.7 Å². The minimum atomic E-state index is 0.163. The molecule has 4 atom stereocenters. The lowest BCUT2D eigenvalue weighted by Gasteiger charge is -2.22. The van der Waals surface area contributed by atoms with Gasteiger partial charge in [-0.15, -0.1) is 11.3 Å². The van der Waals surface area contributed by atoms with Crippen LogP contribution < -0.4 is 5.32 Å². The maximum atomic E-state index is 12.5. The van der Waals surface area contributed by atoms with Crippen LogP contribution in [0.2, 0.25) is 0 Å². The Labute approximate surface area is 117 Å². The molecule has 0 saturated heterocycles. The molecular weight excluding hydrogens is 256 g/mol. The monoisotopic (exact) mass is 274 g/mol. The van der Waals surface area contributed by atoms with Gasteiger partial charge in [-0.1, -0.05) is 12.2 Å². The first-order valence-electron chi connectivity index (χ1n) is 7.19. The van der Waals surface area contributed by atoms with Crippen molar-refractivity contribution in [3.63, 3.8) is 0 Å². The minimum absolute atomic E-state index is 0.163. The summed E-state index contributed by atoms with van der Waals surface area (Å²) in [5, 5.41) is 6.36. The van der Waals surface area contributed by atoms with E-state index in [0.29, 0.717) is 17.8 Å². The second kappa shape index (κ2) is 4.44. The van der Waals surface area contributed by atoms with Crippen LogP contribution in [0.4, 0.5) is 0 Å². The Morgan fingerprint density at radius 1 is 1.37 bits per heavy atom. The number of amides is 1. The lowest BCUT2D eigenvalue weighted by Crippen LogP contribution is -2.36. The van der Waals surface area contributed by atoms with Crippen molar-refractivity contribution < 1.29 is 4.79 Å². The number of aromatic nitrogens is 1. The van der Waals surface area contributed by atoms with Gasteiger partial charge < -0.3 is 5.32 Å². The summed E-state index contributed by atoms with van der Waals surface area (Å²) in [6.07, 6.45) is 11.0. The third-order valence-electron chi connectivity index (χ3n) is 4.72. The van der Waals surface area contributed by atoms with Crippen LogP contribution in [0.1, 0.15) is 36.7 Å². The van der Waals surface area contributed by atoms with Crippen LogP contribution in [-0.4, -0.2) is 10.9 Å². The average molecular weight is 274 g/mol. The fourth-order valence-corrected chi connectivity index (χ4v) is 4.32. The molecule has 2 bridgehead atoms. The molecule has 2 fully saturated rings. The summed E-state index contributed by atoms with van der Waals surface area (Å²) in [5.41, 5.74) is 0. The molecule has 1 heterocycles. The number of carbonyl (C=O) groups excluding carboxylic acids is 1. The fraction of sp³-hybridized carbons (Fsp3) is 0.600. The molecule has 0 spiro atoms. The largest absolute Gasteiger partial charge is 0.346 e. The van der Waals surface area contributed by atoms with E-state index in [2.05, 4.69) is 22.5 Å². The first kappa shape index (κ1) is 11.6. The van der Waals surface area contributed by atoms with E-state index in [0.717, 1.165) is 11.4 Å². The zero-order valence-electron chi connectivity index (χ0n) is 10.8. The van der Waals surface area contributed by atoms with Crippen molar-refractivity contribution in [2.45, 2.75) is 31.7 Å². The molecule has 1 aromatic heterocycles. The van der Waals surface area contributed by atoms with E-state index in [1.165, 1.54) is 19.3 Å². The highest BCUT2D eigenvalue weighted by atomic mass is 32.1.